The average molecular weight is 398 g/mol. The van der Waals surface area contributed by atoms with Gasteiger partial charge in [-0.05, 0) is 42.5 Å². The van der Waals surface area contributed by atoms with Crippen LogP contribution in [0.25, 0.3) is 22.7 Å². The molecule has 0 unspecified atom stereocenters. The lowest BCUT2D eigenvalue weighted by Crippen LogP contribution is -2.00. The molecule has 3 heterocycles. The van der Waals surface area contributed by atoms with E-state index in [2.05, 4.69) is 20.2 Å². The maximum atomic E-state index is 14.2. The highest BCUT2D eigenvalue weighted by Crippen LogP contribution is 2.32. The zero-order valence-electron chi connectivity index (χ0n) is 14.8. The highest BCUT2D eigenvalue weighted by molar-refractivity contribution is 5.71. The summed E-state index contributed by atoms with van der Waals surface area (Å²) >= 11 is 0. The summed E-state index contributed by atoms with van der Waals surface area (Å²) in [6.45, 7) is 0.198. The Hall–Kier alpha value is -3.75. The van der Waals surface area contributed by atoms with Gasteiger partial charge in [0, 0.05) is 23.5 Å². The van der Waals surface area contributed by atoms with Crippen LogP contribution in [0, 0.1) is 5.82 Å². The van der Waals surface area contributed by atoms with Gasteiger partial charge in [0.2, 0.25) is 5.89 Å². The fourth-order valence-electron chi connectivity index (χ4n) is 2.65. The summed E-state index contributed by atoms with van der Waals surface area (Å²) in [5.74, 6) is -1.25. The third-order valence-electron chi connectivity index (χ3n) is 3.92. The fourth-order valence-corrected chi connectivity index (χ4v) is 2.65. The lowest BCUT2D eigenvalue weighted by molar-refractivity contribution is 0.116. The zero-order chi connectivity index (χ0) is 20.2. The molecule has 0 aliphatic heterocycles. The van der Waals surface area contributed by atoms with Gasteiger partial charge in [-0.2, -0.15) is 8.78 Å². The first kappa shape index (κ1) is 18.6. The van der Waals surface area contributed by atoms with Crippen LogP contribution in [-0.2, 0) is 6.61 Å². The molecule has 0 aliphatic carbocycles. The summed E-state index contributed by atoms with van der Waals surface area (Å²) in [5.41, 5.74) is 1.61. The molecular formula is C20H13F3N4O2. The second kappa shape index (κ2) is 8.09. The molecule has 0 radical (unpaired) electrons. The second-order valence-corrected chi connectivity index (χ2v) is 5.93. The summed E-state index contributed by atoms with van der Waals surface area (Å²) in [6.07, 6.45) is 0.279. The predicted molar refractivity (Wildman–Crippen MR) is 96.4 cm³/mol. The van der Waals surface area contributed by atoms with Crippen molar-refractivity contribution in [2.24, 2.45) is 0 Å². The lowest BCUT2D eigenvalue weighted by Gasteiger charge is -2.11. The summed E-state index contributed by atoms with van der Waals surface area (Å²) in [5, 5.41) is 6.83. The van der Waals surface area contributed by atoms with E-state index in [1.807, 2.05) is 12.1 Å². The second-order valence-electron chi connectivity index (χ2n) is 5.93. The Morgan fingerprint density at radius 2 is 1.76 bits per heavy atom. The van der Waals surface area contributed by atoms with E-state index >= 15 is 0 Å². The van der Waals surface area contributed by atoms with Crippen LogP contribution in [0.3, 0.4) is 0 Å². The number of hydrogen-bond acceptors (Lipinski definition) is 6. The van der Waals surface area contributed by atoms with Crippen LogP contribution < -0.4 is 4.74 Å². The van der Waals surface area contributed by atoms with Gasteiger partial charge in [0.1, 0.15) is 23.9 Å². The van der Waals surface area contributed by atoms with Gasteiger partial charge in [0.15, 0.2) is 0 Å². The number of rotatable bonds is 6. The Labute approximate surface area is 163 Å². The van der Waals surface area contributed by atoms with Crippen molar-refractivity contribution < 1.29 is 22.3 Å². The molecule has 0 saturated carbocycles. The minimum atomic E-state index is -2.91. The molecule has 0 N–H and O–H groups in total. The summed E-state index contributed by atoms with van der Waals surface area (Å²) in [7, 11) is 0. The number of benzene rings is 1. The Balaban J connectivity index is 1.67. The van der Waals surface area contributed by atoms with E-state index in [0.717, 1.165) is 6.07 Å². The van der Waals surface area contributed by atoms with Crippen molar-refractivity contribution in [1.29, 1.82) is 0 Å². The van der Waals surface area contributed by atoms with E-state index in [4.69, 9.17) is 9.15 Å². The summed E-state index contributed by atoms with van der Waals surface area (Å²) in [6, 6.07) is 12.7. The molecule has 0 bridgehead atoms. The first-order chi connectivity index (χ1) is 14.1. The molecule has 4 rings (SSSR count). The van der Waals surface area contributed by atoms with Gasteiger partial charge in [0.05, 0.1) is 5.69 Å². The number of ether oxygens (including phenoxy) is 1. The lowest BCUT2D eigenvalue weighted by atomic mass is 10.1. The third-order valence-corrected chi connectivity index (χ3v) is 3.92. The molecule has 1 aromatic carbocycles. The van der Waals surface area contributed by atoms with Gasteiger partial charge >= 0.3 is 6.43 Å². The fraction of sp³-hybridized carbons (Fsp3) is 0.100. The SMILES string of the molecule is Fc1cc(-c2nnc(C(F)F)o2)cc(-c2ncccc2OCc2ccccn2)c1. The summed E-state index contributed by atoms with van der Waals surface area (Å²) in [4.78, 5) is 8.46. The third kappa shape index (κ3) is 4.23. The van der Waals surface area contributed by atoms with E-state index in [1.54, 1.807) is 24.4 Å². The van der Waals surface area contributed by atoms with Crippen LogP contribution in [0.2, 0.25) is 0 Å². The van der Waals surface area contributed by atoms with Gasteiger partial charge in [-0.3, -0.25) is 9.97 Å². The number of hydrogen-bond donors (Lipinski definition) is 0. The maximum absolute atomic E-state index is 14.2. The zero-order valence-corrected chi connectivity index (χ0v) is 14.8. The van der Waals surface area contributed by atoms with Crippen molar-refractivity contribution in [3.05, 3.63) is 78.3 Å². The Kier molecular flexibility index (Phi) is 5.19. The predicted octanol–water partition coefficient (Wildman–Crippen LogP) is 4.85. The van der Waals surface area contributed by atoms with Crippen LogP contribution in [0.15, 0.2) is 65.3 Å². The molecule has 0 saturated heterocycles. The van der Waals surface area contributed by atoms with E-state index in [0.29, 0.717) is 22.7 Å². The van der Waals surface area contributed by atoms with Crippen LogP contribution in [0.5, 0.6) is 5.75 Å². The van der Waals surface area contributed by atoms with Gasteiger partial charge in [-0.15, -0.1) is 10.2 Å². The van der Waals surface area contributed by atoms with Crippen molar-refractivity contribution in [1.82, 2.24) is 20.2 Å². The van der Waals surface area contributed by atoms with Gasteiger partial charge in [-0.1, -0.05) is 6.07 Å². The summed E-state index contributed by atoms with van der Waals surface area (Å²) < 4.78 is 50.3. The Morgan fingerprint density at radius 3 is 2.52 bits per heavy atom. The molecular weight excluding hydrogens is 385 g/mol. The quantitative estimate of drug-likeness (QED) is 0.462. The van der Waals surface area contributed by atoms with Gasteiger partial charge in [-0.25, -0.2) is 4.39 Å². The highest BCUT2D eigenvalue weighted by atomic mass is 19.3. The van der Waals surface area contributed by atoms with Crippen molar-refractivity contribution in [2.75, 3.05) is 0 Å². The maximum Gasteiger partial charge on any atom is 0.314 e. The van der Waals surface area contributed by atoms with Crippen molar-refractivity contribution >= 4 is 0 Å². The highest BCUT2D eigenvalue weighted by Gasteiger charge is 2.19. The molecule has 3 aromatic heterocycles. The van der Waals surface area contributed by atoms with E-state index in [-0.39, 0.29) is 18.1 Å². The Morgan fingerprint density at radius 1 is 0.931 bits per heavy atom. The normalized spacial score (nSPS) is 11.0. The van der Waals surface area contributed by atoms with Gasteiger partial charge in [0.25, 0.3) is 5.89 Å². The number of halogens is 3. The molecule has 4 aromatic rings. The molecule has 146 valence electrons. The number of alkyl halides is 2. The first-order valence-electron chi connectivity index (χ1n) is 8.51. The molecule has 0 amide bonds. The molecule has 0 spiro atoms. The molecule has 0 aliphatic rings. The minimum Gasteiger partial charge on any atom is -0.485 e. The largest absolute Gasteiger partial charge is 0.485 e. The average Bonchev–Trinajstić information content (AvgIpc) is 3.24. The molecule has 6 nitrogen and oxygen atoms in total. The number of nitrogens with zero attached hydrogens (tertiary/aromatic N) is 4. The topological polar surface area (TPSA) is 73.9 Å². The van der Waals surface area contributed by atoms with Crippen LogP contribution >= 0.6 is 0 Å². The van der Waals surface area contributed by atoms with Crippen molar-refractivity contribution in [3.63, 3.8) is 0 Å². The minimum absolute atomic E-state index is 0.153. The smallest absolute Gasteiger partial charge is 0.314 e. The molecule has 29 heavy (non-hydrogen) atoms. The van der Waals surface area contributed by atoms with Crippen LogP contribution in [0.1, 0.15) is 18.0 Å². The Bertz CT molecular complexity index is 1120. The van der Waals surface area contributed by atoms with Crippen molar-refractivity contribution in [2.45, 2.75) is 13.0 Å². The molecule has 0 atom stereocenters. The van der Waals surface area contributed by atoms with E-state index in [1.165, 1.54) is 18.3 Å². The molecule has 9 heteroatoms. The monoisotopic (exact) mass is 398 g/mol. The van der Waals surface area contributed by atoms with Crippen LogP contribution in [0.4, 0.5) is 13.2 Å². The standard InChI is InChI=1S/C20H13F3N4O2/c21-14-9-12(8-13(10-14)19-26-27-20(29-19)18(22)23)17-16(5-3-7-25-17)28-11-15-4-1-2-6-24-15/h1-10,18H,11H2. The van der Waals surface area contributed by atoms with E-state index in [9.17, 15) is 13.2 Å². The van der Waals surface area contributed by atoms with Crippen LogP contribution in [-0.4, -0.2) is 20.2 Å². The number of pyridine rings is 2. The van der Waals surface area contributed by atoms with E-state index < -0.39 is 18.1 Å². The number of aromatic nitrogens is 4. The van der Waals surface area contributed by atoms with Gasteiger partial charge < -0.3 is 9.15 Å². The van der Waals surface area contributed by atoms with Crippen molar-refractivity contribution in [3.8, 4) is 28.5 Å². The molecule has 0 fully saturated rings. The first-order valence-corrected chi connectivity index (χ1v) is 8.51.